The molecule has 114 valence electrons. The first-order valence-electron chi connectivity index (χ1n) is 6.14. The molecule has 0 bridgehead atoms. The van der Waals surface area contributed by atoms with Crippen molar-refractivity contribution in [1.82, 2.24) is 10.2 Å². The number of rotatable bonds is 4. The summed E-state index contributed by atoms with van der Waals surface area (Å²) >= 11 is 7.36. The van der Waals surface area contributed by atoms with Crippen LogP contribution in [0.2, 0.25) is 5.02 Å². The average Bonchev–Trinajstić information content (AvgIpc) is 2.75. The Bertz CT molecular complexity index is 630. The van der Waals surface area contributed by atoms with E-state index in [1.165, 1.54) is 11.3 Å². The van der Waals surface area contributed by atoms with Gasteiger partial charge in [0.05, 0.1) is 10.6 Å². The Labute approximate surface area is 138 Å². The predicted molar refractivity (Wildman–Crippen MR) is 89.5 cm³/mol. The lowest BCUT2D eigenvalue weighted by Gasteiger charge is -2.04. The second-order valence-electron chi connectivity index (χ2n) is 4.79. The number of hydrogen-bond donors (Lipinski definition) is 2. The summed E-state index contributed by atoms with van der Waals surface area (Å²) in [6.07, 6.45) is 0.843. The highest BCUT2D eigenvalue weighted by Crippen LogP contribution is 2.22. The minimum absolute atomic E-state index is 0. The molecule has 3 N–H and O–H groups in total. The Kier molecular flexibility index (Phi) is 6.39. The lowest BCUT2D eigenvalue weighted by atomic mass is 10.1. The van der Waals surface area contributed by atoms with Crippen LogP contribution in [0.1, 0.15) is 29.2 Å². The van der Waals surface area contributed by atoms with Crippen LogP contribution >= 0.6 is 35.3 Å². The topological polar surface area (TPSA) is 80.9 Å². The Morgan fingerprint density at radius 3 is 2.76 bits per heavy atom. The Morgan fingerprint density at radius 2 is 2.14 bits per heavy atom. The number of carbonyl (C=O) groups is 1. The minimum atomic E-state index is -0.317. The summed E-state index contributed by atoms with van der Waals surface area (Å²) in [6, 6.07) is 4.76. The molecule has 0 radical (unpaired) electrons. The molecule has 1 amide bonds. The molecule has 0 unspecified atom stereocenters. The molecule has 5 nitrogen and oxygen atoms in total. The Morgan fingerprint density at radius 1 is 1.43 bits per heavy atom. The number of nitrogens with two attached hydrogens (primary N) is 1. The predicted octanol–water partition coefficient (Wildman–Crippen LogP) is 3.65. The molecule has 8 heteroatoms. The molecular formula is C13H16Cl2N4OS. The fourth-order valence-electron chi connectivity index (χ4n) is 1.62. The second kappa shape index (κ2) is 7.59. The van der Waals surface area contributed by atoms with Gasteiger partial charge in [-0.3, -0.25) is 10.1 Å². The molecule has 0 aliphatic rings. The van der Waals surface area contributed by atoms with E-state index in [9.17, 15) is 4.79 Å². The lowest BCUT2D eigenvalue weighted by molar-refractivity contribution is 0.102. The second-order valence-corrected chi connectivity index (χ2v) is 6.26. The molecule has 1 heterocycles. The van der Waals surface area contributed by atoms with Gasteiger partial charge in [0, 0.05) is 12.1 Å². The van der Waals surface area contributed by atoms with Crippen molar-refractivity contribution in [2.45, 2.75) is 20.3 Å². The molecule has 0 saturated carbocycles. The molecule has 2 rings (SSSR count). The van der Waals surface area contributed by atoms with E-state index in [-0.39, 0.29) is 18.3 Å². The van der Waals surface area contributed by atoms with Crippen LogP contribution in [0.15, 0.2) is 18.2 Å². The average molecular weight is 347 g/mol. The summed E-state index contributed by atoms with van der Waals surface area (Å²) < 4.78 is 0. The number of carbonyl (C=O) groups excluding carboxylic acids is 1. The van der Waals surface area contributed by atoms with E-state index in [1.807, 2.05) is 0 Å². The molecule has 21 heavy (non-hydrogen) atoms. The molecule has 1 aromatic heterocycles. The van der Waals surface area contributed by atoms with Crippen molar-refractivity contribution in [2.75, 3.05) is 11.1 Å². The maximum atomic E-state index is 12.1. The van der Waals surface area contributed by atoms with E-state index in [0.717, 1.165) is 11.4 Å². The lowest BCUT2D eigenvalue weighted by Crippen LogP contribution is -2.12. The Hall–Kier alpha value is -1.37. The van der Waals surface area contributed by atoms with E-state index in [2.05, 4.69) is 29.4 Å². The third-order valence-electron chi connectivity index (χ3n) is 2.51. The van der Waals surface area contributed by atoms with Gasteiger partial charge in [0.25, 0.3) is 5.91 Å². The first-order valence-corrected chi connectivity index (χ1v) is 7.34. The summed E-state index contributed by atoms with van der Waals surface area (Å²) in [7, 11) is 0. The zero-order chi connectivity index (χ0) is 14.7. The SMILES string of the molecule is CC(C)Cc1nnc(NC(=O)c2ccc(N)cc2Cl)s1.Cl. The van der Waals surface area contributed by atoms with Crippen LogP contribution in [0.3, 0.4) is 0 Å². The van der Waals surface area contributed by atoms with E-state index < -0.39 is 0 Å². The van der Waals surface area contributed by atoms with Gasteiger partial charge in [-0.1, -0.05) is 36.8 Å². The molecule has 0 saturated heterocycles. The largest absolute Gasteiger partial charge is 0.399 e. The van der Waals surface area contributed by atoms with Gasteiger partial charge in [0.2, 0.25) is 5.13 Å². The van der Waals surface area contributed by atoms with E-state index >= 15 is 0 Å². The van der Waals surface area contributed by atoms with Gasteiger partial charge in [-0.15, -0.1) is 22.6 Å². The Balaban J connectivity index is 0.00000220. The summed E-state index contributed by atoms with van der Waals surface area (Å²) in [4.78, 5) is 12.1. The van der Waals surface area contributed by atoms with Crippen LogP contribution < -0.4 is 11.1 Å². The van der Waals surface area contributed by atoms with E-state index in [1.54, 1.807) is 18.2 Å². The summed E-state index contributed by atoms with van der Waals surface area (Å²) in [5.41, 5.74) is 6.47. The van der Waals surface area contributed by atoms with Crippen LogP contribution in [0.25, 0.3) is 0 Å². The summed E-state index contributed by atoms with van der Waals surface area (Å²) in [5, 5.41) is 12.4. The summed E-state index contributed by atoms with van der Waals surface area (Å²) in [5.74, 6) is 0.181. The van der Waals surface area contributed by atoms with Crippen molar-refractivity contribution in [1.29, 1.82) is 0 Å². The number of hydrogen-bond acceptors (Lipinski definition) is 5. The first kappa shape index (κ1) is 17.7. The third kappa shape index (κ3) is 4.84. The highest BCUT2D eigenvalue weighted by Gasteiger charge is 2.13. The van der Waals surface area contributed by atoms with Crippen molar-refractivity contribution in [3.8, 4) is 0 Å². The number of nitrogens with zero attached hydrogens (tertiary/aromatic N) is 2. The van der Waals surface area contributed by atoms with Gasteiger partial charge in [0.15, 0.2) is 0 Å². The van der Waals surface area contributed by atoms with Crippen molar-refractivity contribution >= 4 is 52.1 Å². The number of anilines is 2. The quantitative estimate of drug-likeness (QED) is 0.828. The van der Waals surface area contributed by atoms with Crippen LogP contribution in [-0.4, -0.2) is 16.1 Å². The van der Waals surface area contributed by atoms with Crippen molar-refractivity contribution < 1.29 is 4.79 Å². The highest BCUT2D eigenvalue weighted by molar-refractivity contribution is 7.15. The highest BCUT2D eigenvalue weighted by atomic mass is 35.5. The van der Waals surface area contributed by atoms with Crippen molar-refractivity contribution in [3.05, 3.63) is 33.8 Å². The molecule has 0 aliphatic heterocycles. The molecule has 1 aromatic carbocycles. The molecule has 2 aromatic rings. The standard InChI is InChI=1S/C13H15ClN4OS.ClH/c1-7(2)5-11-17-18-13(20-11)16-12(19)9-4-3-8(15)6-10(9)14;/h3-4,6-7H,5,15H2,1-2H3,(H,16,18,19);1H. The van der Waals surface area contributed by atoms with Crippen LogP contribution in [-0.2, 0) is 6.42 Å². The molecule has 0 atom stereocenters. The molecule has 0 aliphatic carbocycles. The number of amides is 1. The van der Waals surface area contributed by atoms with Crippen molar-refractivity contribution in [2.24, 2.45) is 5.92 Å². The molecule has 0 spiro atoms. The van der Waals surface area contributed by atoms with Gasteiger partial charge in [-0.2, -0.15) is 0 Å². The fourth-order valence-corrected chi connectivity index (χ4v) is 2.84. The molecule has 0 fully saturated rings. The van der Waals surface area contributed by atoms with Gasteiger partial charge < -0.3 is 5.73 Å². The third-order valence-corrected chi connectivity index (χ3v) is 3.68. The fraction of sp³-hybridized carbons (Fsp3) is 0.308. The van der Waals surface area contributed by atoms with Gasteiger partial charge >= 0.3 is 0 Å². The smallest absolute Gasteiger partial charge is 0.259 e. The van der Waals surface area contributed by atoms with Gasteiger partial charge in [-0.25, -0.2) is 0 Å². The first-order chi connectivity index (χ1) is 9.45. The number of nitrogens with one attached hydrogen (secondary N) is 1. The number of nitrogen functional groups attached to an aromatic ring is 1. The number of benzene rings is 1. The minimum Gasteiger partial charge on any atom is -0.399 e. The van der Waals surface area contributed by atoms with Crippen LogP contribution in [0.4, 0.5) is 10.8 Å². The maximum absolute atomic E-state index is 12.1. The number of aromatic nitrogens is 2. The van der Waals surface area contributed by atoms with Gasteiger partial charge in [0.1, 0.15) is 5.01 Å². The monoisotopic (exact) mass is 346 g/mol. The van der Waals surface area contributed by atoms with Crippen LogP contribution in [0.5, 0.6) is 0 Å². The zero-order valence-electron chi connectivity index (χ0n) is 11.6. The summed E-state index contributed by atoms with van der Waals surface area (Å²) in [6.45, 7) is 4.21. The van der Waals surface area contributed by atoms with Crippen molar-refractivity contribution in [3.63, 3.8) is 0 Å². The van der Waals surface area contributed by atoms with E-state index in [4.69, 9.17) is 17.3 Å². The van der Waals surface area contributed by atoms with Gasteiger partial charge in [-0.05, 0) is 24.1 Å². The zero-order valence-corrected chi connectivity index (χ0v) is 14.0. The maximum Gasteiger partial charge on any atom is 0.259 e. The van der Waals surface area contributed by atoms with E-state index in [0.29, 0.717) is 27.3 Å². The normalized spacial score (nSPS) is 10.3. The van der Waals surface area contributed by atoms with Crippen LogP contribution in [0, 0.1) is 5.92 Å². The number of halogens is 2. The molecular weight excluding hydrogens is 331 g/mol.